The van der Waals surface area contributed by atoms with Crippen LogP contribution in [0, 0.1) is 27.7 Å². The molecule has 0 aromatic carbocycles. The number of hydrogen-bond acceptors (Lipinski definition) is 5. The Kier molecular flexibility index (Phi) is 3.41. The number of carbonyl (C=O) groups excluding carboxylic acids is 1. The van der Waals surface area contributed by atoms with Crippen molar-refractivity contribution in [3.8, 4) is 10.4 Å². The van der Waals surface area contributed by atoms with E-state index < -0.39 is 5.97 Å². The van der Waals surface area contributed by atoms with Crippen molar-refractivity contribution in [3.05, 3.63) is 27.5 Å². The van der Waals surface area contributed by atoms with Crippen molar-refractivity contribution in [2.24, 2.45) is 0 Å². The Bertz CT molecular complexity index is 652. The molecule has 0 aliphatic rings. The van der Waals surface area contributed by atoms with E-state index in [1.54, 1.807) is 0 Å². The molecule has 0 spiro atoms. The number of rotatable bonds is 2. The van der Waals surface area contributed by atoms with Crippen LogP contribution in [0.5, 0.6) is 0 Å². The Labute approximate surface area is 116 Å². The Morgan fingerprint density at radius 3 is 2.26 bits per heavy atom. The Morgan fingerprint density at radius 1 is 1.16 bits per heavy atom. The van der Waals surface area contributed by atoms with Crippen LogP contribution < -0.4 is 5.73 Å². The summed E-state index contributed by atoms with van der Waals surface area (Å²) in [6.45, 7) is 7.77. The number of hydrogen-bond donors (Lipinski definition) is 1. The Morgan fingerprint density at radius 2 is 1.79 bits per heavy atom. The molecular weight excluding hydrogens is 262 g/mol. The van der Waals surface area contributed by atoms with Gasteiger partial charge in [-0.2, -0.15) is 0 Å². The fraction of sp³-hybridized carbons (Fsp3) is 0.357. The molecule has 2 aromatic rings. The number of methoxy groups -OCH3 is 1. The SMILES string of the molecule is COC(=O)c1sc(-c2c(C)oc(C)c2C)c(C)c1N. The molecule has 0 saturated heterocycles. The van der Waals surface area contributed by atoms with E-state index in [1.807, 2.05) is 27.7 Å². The lowest BCUT2D eigenvalue weighted by Gasteiger charge is -2.00. The van der Waals surface area contributed by atoms with Gasteiger partial charge in [0.2, 0.25) is 0 Å². The number of esters is 1. The smallest absolute Gasteiger partial charge is 0.350 e. The number of nitrogen functional groups attached to an aromatic ring is 1. The molecule has 2 heterocycles. The van der Waals surface area contributed by atoms with Gasteiger partial charge in [-0.25, -0.2) is 4.79 Å². The van der Waals surface area contributed by atoms with E-state index in [0.29, 0.717) is 10.6 Å². The van der Waals surface area contributed by atoms with E-state index >= 15 is 0 Å². The number of ether oxygens (including phenoxy) is 1. The number of aryl methyl sites for hydroxylation is 2. The molecule has 0 bridgehead atoms. The summed E-state index contributed by atoms with van der Waals surface area (Å²) >= 11 is 1.35. The Hall–Kier alpha value is -1.75. The summed E-state index contributed by atoms with van der Waals surface area (Å²) in [5, 5.41) is 0. The molecule has 0 fully saturated rings. The predicted octanol–water partition coefficient (Wildman–Crippen LogP) is 3.61. The van der Waals surface area contributed by atoms with E-state index in [0.717, 1.165) is 33.1 Å². The molecule has 5 heteroatoms. The molecule has 0 atom stereocenters. The quantitative estimate of drug-likeness (QED) is 0.853. The fourth-order valence-corrected chi connectivity index (χ4v) is 3.43. The molecule has 0 saturated carbocycles. The zero-order chi connectivity index (χ0) is 14.3. The van der Waals surface area contributed by atoms with Gasteiger partial charge in [0, 0.05) is 10.4 Å². The minimum absolute atomic E-state index is 0.396. The Balaban J connectivity index is 2.67. The van der Waals surface area contributed by atoms with Crippen molar-refractivity contribution >= 4 is 23.0 Å². The molecule has 0 radical (unpaired) electrons. The molecule has 2 rings (SSSR count). The second kappa shape index (κ2) is 4.74. The number of furan rings is 1. The summed E-state index contributed by atoms with van der Waals surface area (Å²) in [4.78, 5) is 13.1. The largest absolute Gasteiger partial charge is 0.466 e. The summed E-state index contributed by atoms with van der Waals surface area (Å²) < 4.78 is 10.4. The van der Waals surface area contributed by atoms with Crippen LogP contribution in [0.4, 0.5) is 5.69 Å². The van der Waals surface area contributed by atoms with Gasteiger partial charge in [-0.3, -0.25) is 0 Å². The molecule has 102 valence electrons. The molecule has 2 aromatic heterocycles. The molecular formula is C14H17NO3S. The van der Waals surface area contributed by atoms with Gasteiger partial charge < -0.3 is 14.9 Å². The highest BCUT2D eigenvalue weighted by atomic mass is 32.1. The van der Waals surface area contributed by atoms with Crippen LogP contribution in [0.2, 0.25) is 0 Å². The maximum Gasteiger partial charge on any atom is 0.350 e. The third kappa shape index (κ3) is 2.04. The topological polar surface area (TPSA) is 65.5 Å². The van der Waals surface area contributed by atoms with Crippen molar-refractivity contribution in [1.29, 1.82) is 0 Å². The summed E-state index contributed by atoms with van der Waals surface area (Å²) in [5.74, 6) is 1.33. The van der Waals surface area contributed by atoms with E-state index in [-0.39, 0.29) is 0 Å². The molecule has 0 amide bonds. The van der Waals surface area contributed by atoms with Gasteiger partial charge in [0.1, 0.15) is 16.4 Å². The molecule has 0 aliphatic carbocycles. The third-order valence-corrected chi connectivity index (χ3v) is 4.66. The van der Waals surface area contributed by atoms with Crippen molar-refractivity contribution in [2.45, 2.75) is 27.7 Å². The minimum Gasteiger partial charge on any atom is -0.466 e. The minimum atomic E-state index is -0.396. The lowest BCUT2D eigenvalue weighted by molar-refractivity contribution is 0.0607. The molecule has 0 unspecified atom stereocenters. The first kappa shape index (κ1) is 13.7. The first-order chi connectivity index (χ1) is 8.88. The summed E-state index contributed by atoms with van der Waals surface area (Å²) in [7, 11) is 1.36. The molecule has 2 N–H and O–H groups in total. The maximum absolute atomic E-state index is 11.7. The van der Waals surface area contributed by atoms with E-state index in [2.05, 4.69) is 0 Å². The highest BCUT2D eigenvalue weighted by Crippen LogP contribution is 2.42. The van der Waals surface area contributed by atoms with Gasteiger partial charge in [0.25, 0.3) is 0 Å². The van der Waals surface area contributed by atoms with Crippen molar-refractivity contribution in [1.82, 2.24) is 0 Å². The van der Waals surface area contributed by atoms with Gasteiger partial charge in [-0.05, 0) is 38.8 Å². The first-order valence-electron chi connectivity index (χ1n) is 5.92. The van der Waals surface area contributed by atoms with Gasteiger partial charge in [-0.15, -0.1) is 11.3 Å². The zero-order valence-electron chi connectivity index (χ0n) is 11.7. The third-order valence-electron chi connectivity index (χ3n) is 3.35. The number of carbonyl (C=O) groups is 1. The highest BCUT2D eigenvalue weighted by molar-refractivity contribution is 7.18. The average molecular weight is 279 g/mol. The molecule has 19 heavy (non-hydrogen) atoms. The van der Waals surface area contributed by atoms with Crippen molar-refractivity contribution in [2.75, 3.05) is 12.8 Å². The van der Waals surface area contributed by atoms with E-state index in [1.165, 1.54) is 18.4 Å². The van der Waals surface area contributed by atoms with Crippen molar-refractivity contribution < 1.29 is 13.9 Å². The van der Waals surface area contributed by atoms with Gasteiger partial charge in [0.05, 0.1) is 12.8 Å². The fourth-order valence-electron chi connectivity index (χ4n) is 2.14. The zero-order valence-corrected chi connectivity index (χ0v) is 12.5. The standard InChI is InChI=1S/C14H17NO3S/c1-6-8(3)18-9(4)10(6)12-7(2)11(15)13(19-12)14(16)17-5/h15H2,1-5H3. The number of nitrogens with two attached hydrogens (primary N) is 1. The van der Waals surface area contributed by atoms with Crippen molar-refractivity contribution in [3.63, 3.8) is 0 Å². The highest BCUT2D eigenvalue weighted by Gasteiger charge is 2.23. The predicted molar refractivity (Wildman–Crippen MR) is 76.7 cm³/mol. The molecule has 4 nitrogen and oxygen atoms in total. The van der Waals surface area contributed by atoms with Gasteiger partial charge in [0.15, 0.2) is 0 Å². The van der Waals surface area contributed by atoms with E-state index in [4.69, 9.17) is 14.9 Å². The van der Waals surface area contributed by atoms with E-state index in [9.17, 15) is 4.79 Å². The summed E-state index contributed by atoms with van der Waals surface area (Å²) in [5.41, 5.74) is 9.51. The summed E-state index contributed by atoms with van der Waals surface area (Å²) in [6, 6.07) is 0. The lowest BCUT2D eigenvalue weighted by atomic mass is 10.1. The van der Waals surface area contributed by atoms with Crippen LogP contribution in [0.1, 0.15) is 32.3 Å². The van der Waals surface area contributed by atoms with Crippen LogP contribution in [0.15, 0.2) is 4.42 Å². The molecule has 0 aliphatic heterocycles. The monoisotopic (exact) mass is 279 g/mol. The van der Waals surface area contributed by atoms with Gasteiger partial charge >= 0.3 is 5.97 Å². The average Bonchev–Trinajstić information content (AvgIpc) is 2.79. The van der Waals surface area contributed by atoms with Crippen LogP contribution in [-0.4, -0.2) is 13.1 Å². The van der Waals surface area contributed by atoms with Gasteiger partial charge in [-0.1, -0.05) is 0 Å². The first-order valence-corrected chi connectivity index (χ1v) is 6.74. The lowest BCUT2D eigenvalue weighted by Crippen LogP contribution is -2.01. The number of thiophene rings is 1. The second-order valence-corrected chi connectivity index (χ2v) is 5.53. The number of anilines is 1. The normalized spacial score (nSPS) is 10.8. The van der Waals surface area contributed by atoms with Crippen LogP contribution in [0.3, 0.4) is 0 Å². The maximum atomic E-state index is 11.7. The van der Waals surface area contributed by atoms with Crippen LogP contribution in [0.25, 0.3) is 10.4 Å². The second-order valence-electron chi connectivity index (χ2n) is 4.51. The van der Waals surface area contributed by atoms with Crippen LogP contribution >= 0.6 is 11.3 Å². The summed E-state index contributed by atoms with van der Waals surface area (Å²) in [6.07, 6.45) is 0. The van der Waals surface area contributed by atoms with Crippen LogP contribution in [-0.2, 0) is 4.74 Å².